The van der Waals surface area contributed by atoms with Crippen LogP contribution in [0.2, 0.25) is 5.02 Å². The normalized spacial score (nSPS) is 28.2. The van der Waals surface area contributed by atoms with Crippen LogP contribution >= 0.6 is 11.6 Å². The van der Waals surface area contributed by atoms with Gasteiger partial charge in [-0.1, -0.05) is 49.7 Å². The van der Waals surface area contributed by atoms with Gasteiger partial charge >= 0.3 is 0 Å². The van der Waals surface area contributed by atoms with Crippen molar-refractivity contribution in [1.82, 2.24) is 0 Å². The minimum Gasteiger partial charge on any atom is -0.494 e. The maximum Gasteiger partial charge on any atom is 0.119 e. The SMILES string of the molecule is CCOc1ccc(C(C)c2cc([C@@H]3O[C@H](CO)[C@@H](C)[C@H](O)[C@H]3O)ccc2Cl)cc1. The Bertz CT molecular complexity index is 807. The molecule has 1 fully saturated rings. The van der Waals surface area contributed by atoms with Gasteiger partial charge in [-0.2, -0.15) is 0 Å². The van der Waals surface area contributed by atoms with Crippen LogP contribution in [0.1, 0.15) is 49.5 Å². The highest BCUT2D eigenvalue weighted by Crippen LogP contribution is 2.38. The van der Waals surface area contributed by atoms with Gasteiger partial charge in [-0.3, -0.25) is 0 Å². The number of aliphatic hydroxyl groups excluding tert-OH is 3. The minimum absolute atomic E-state index is 0.0105. The van der Waals surface area contributed by atoms with Gasteiger partial charge in [-0.15, -0.1) is 0 Å². The van der Waals surface area contributed by atoms with E-state index in [1.165, 1.54) is 0 Å². The van der Waals surface area contributed by atoms with E-state index < -0.39 is 24.4 Å². The quantitative estimate of drug-likeness (QED) is 0.664. The van der Waals surface area contributed by atoms with Crippen LogP contribution in [0.4, 0.5) is 0 Å². The molecule has 0 amide bonds. The molecule has 0 spiro atoms. The van der Waals surface area contributed by atoms with Gasteiger partial charge in [-0.25, -0.2) is 0 Å². The van der Waals surface area contributed by atoms with E-state index in [9.17, 15) is 15.3 Å². The molecule has 1 unspecified atom stereocenters. The van der Waals surface area contributed by atoms with E-state index in [0.29, 0.717) is 11.6 Å². The van der Waals surface area contributed by atoms with Gasteiger partial charge in [0.2, 0.25) is 0 Å². The van der Waals surface area contributed by atoms with Crippen molar-refractivity contribution in [3.8, 4) is 5.75 Å². The van der Waals surface area contributed by atoms with Crippen LogP contribution in [0, 0.1) is 5.92 Å². The summed E-state index contributed by atoms with van der Waals surface area (Å²) < 4.78 is 11.4. The Morgan fingerprint density at radius 3 is 2.41 bits per heavy atom. The third-order valence-corrected chi connectivity index (χ3v) is 6.14. The molecule has 0 aromatic heterocycles. The van der Waals surface area contributed by atoms with E-state index in [4.69, 9.17) is 21.1 Å². The fourth-order valence-corrected chi connectivity index (χ4v) is 4.14. The number of ether oxygens (including phenoxy) is 2. The lowest BCUT2D eigenvalue weighted by molar-refractivity contribution is -0.207. The van der Waals surface area contributed by atoms with Crippen LogP contribution in [0.3, 0.4) is 0 Å². The zero-order valence-corrected chi connectivity index (χ0v) is 17.7. The number of halogens is 1. The molecule has 0 saturated carbocycles. The fraction of sp³-hybridized carbons (Fsp3) is 0.478. The number of benzene rings is 2. The molecule has 158 valence electrons. The Balaban J connectivity index is 1.89. The van der Waals surface area contributed by atoms with Crippen molar-refractivity contribution in [3.05, 3.63) is 64.2 Å². The van der Waals surface area contributed by atoms with Gasteiger partial charge in [0, 0.05) is 16.9 Å². The van der Waals surface area contributed by atoms with Crippen molar-refractivity contribution in [2.24, 2.45) is 5.92 Å². The van der Waals surface area contributed by atoms with Gasteiger partial charge in [-0.05, 0) is 41.8 Å². The second-order valence-electron chi connectivity index (χ2n) is 7.62. The van der Waals surface area contributed by atoms with E-state index in [1.54, 1.807) is 19.1 Å². The van der Waals surface area contributed by atoms with Crippen molar-refractivity contribution < 1.29 is 24.8 Å². The van der Waals surface area contributed by atoms with Crippen LogP contribution in [0.5, 0.6) is 5.75 Å². The molecule has 1 aliphatic rings. The number of hydrogen-bond donors (Lipinski definition) is 3. The van der Waals surface area contributed by atoms with Gasteiger partial charge in [0.05, 0.1) is 25.4 Å². The van der Waals surface area contributed by atoms with Gasteiger partial charge in [0.15, 0.2) is 0 Å². The average Bonchev–Trinajstić information content (AvgIpc) is 2.73. The smallest absolute Gasteiger partial charge is 0.119 e. The Kier molecular flexibility index (Phi) is 7.19. The molecule has 3 N–H and O–H groups in total. The van der Waals surface area contributed by atoms with Crippen molar-refractivity contribution in [2.45, 2.75) is 51.1 Å². The maximum atomic E-state index is 10.6. The molecule has 29 heavy (non-hydrogen) atoms. The van der Waals surface area contributed by atoms with Crippen molar-refractivity contribution >= 4 is 11.6 Å². The van der Waals surface area contributed by atoms with Crippen LogP contribution in [0.25, 0.3) is 0 Å². The highest BCUT2D eigenvalue weighted by molar-refractivity contribution is 6.31. The summed E-state index contributed by atoms with van der Waals surface area (Å²) in [5.41, 5.74) is 2.70. The van der Waals surface area contributed by atoms with E-state index in [1.807, 2.05) is 37.3 Å². The Morgan fingerprint density at radius 2 is 1.79 bits per heavy atom. The Morgan fingerprint density at radius 1 is 1.10 bits per heavy atom. The van der Waals surface area contributed by atoms with Crippen molar-refractivity contribution in [3.63, 3.8) is 0 Å². The van der Waals surface area contributed by atoms with Gasteiger partial charge < -0.3 is 24.8 Å². The predicted molar refractivity (Wildman–Crippen MR) is 112 cm³/mol. The third kappa shape index (κ3) is 4.60. The summed E-state index contributed by atoms with van der Waals surface area (Å²) in [5.74, 6) is 0.470. The molecular weight excluding hydrogens is 392 g/mol. The fourth-order valence-electron chi connectivity index (χ4n) is 3.86. The summed E-state index contributed by atoms with van der Waals surface area (Å²) in [6.07, 6.45) is -3.33. The third-order valence-electron chi connectivity index (χ3n) is 5.79. The molecular formula is C23H29ClO5. The first kappa shape index (κ1) is 22.1. The van der Waals surface area contributed by atoms with Crippen LogP contribution in [-0.2, 0) is 4.74 Å². The molecule has 0 radical (unpaired) electrons. The molecule has 0 aliphatic carbocycles. The summed E-state index contributed by atoms with van der Waals surface area (Å²) >= 11 is 6.49. The van der Waals surface area contributed by atoms with Crippen LogP contribution in [-0.4, -0.2) is 46.8 Å². The molecule has 2 aromatic carbocycles. The first-order valence-electron chi connectivity index (χ1n) is 10.0. The predicted octanol–water partition coefficient (Wildman–Crippen LogP) is 3.68. The lowest BCUT2D eigenvalue weighted by Crippen LogP contribution is -2.50. The zero-order valence-electron chi connectivity index (χ0n) is 17.0. The highest BCUT2D eigenvalue weighted by Gasteiger charge is 2.42. The van der Waals surface area contributed by atoms with Crippen molar-refractivity contribution in [2.75, 3.05) is 13.2 Å². The van der Waals surface area contributed by atoms with E-state index >= 15 is 0 Å². The molecule has 1 aliphatic heterocycles. The minimum atomic E-state index is -1.08. The Hall–Kier alpha value is -1.63. The van der Waals surface area contributed by atoms with Gasteiger partial charge in [0.1, 0.15) is 18.0 Å². The van der Waals surface area contributed by atoms with E-state index in [0.717, 1.165) is 22.4 Å². The molecule has 0 bridgehead atoms. The summed E-state index contributed by atoms with van der Waals surface area (Å²) in [6, 6.07) is 13.4. The van der Waals surface area contributed by atoms with E-state index in [2.05, 4.69) is 6.92 Å². The van der Waals surface area contributed by atoms with Crippen LogP contribution < -0.4 is 4.74 Å². The number of hydrogen-bond acceptors (Lipinski definition) is 5. The molecule has 1 saturated heterocycles. The molecule has 5 nitrogen and oxygen atoms in total. The monoisotopic (exact) mass is 420 g/mol. The lowest BCUT2D eigenvalue weighted by Gasteiger charge is -2.41. The topological polar surface area (TPSA) is 79.2 Å². The molecule has 1 heterocycles. The first-order chi connectivity index (χ1) is 13.9. The molecule has 2 aromatic rings. The lowest BCUT2D eigenvalue weighted by atomic mass is 9.84. The average molecular weight is 421 g/mol. The molecule has 6 heteroatoms. The summed E-state index contributed by atoms with van der Waals surface area (Å²) in [6.45, 7) is 6.16. The largest absolute Gasteiger partial charge is 0.494 e. The molecule has 3 rings (SSSR count). The van der Waals surface area contributed by atoms with Crippen molar-refractivity contribution in [1.29, 1.82) is 0 Å². The second-order valence-corrected chi connectivity index (χ2v) is 8.03. The second kappa shape index (κ2) is 9.45. The zero-order chi connectivity index (χ0) is 21.1. The van der Waals surface area contributed by atoms with Gasteiger partial charge in [0.25, 0.3) is 0 Å². The summed E-state index contributed by atoms with van der Waals surface area (Å²) in [7, 11) is 0. The number of rotatable bonds is 6. The number of aliphatic hydroxyl groups is 3. The summed E-state index contributed by atoms with van der Waals surface area (Å²) in [5, 5.41) is 31.1. The Labute approximate surface area is 176 Å². The summed E-state index contributed by atoms with van der Waals surface area (Å²) in [4.78, 5) is 0. The maximum absolute atomic E-state index is 10.6. The van der Waals surface area contributed by atoms with E-state index in [-0.39, 0.29) is 18.4 Å². The standard InChI is InChI=1S/C23H29ClO5/c1-4-28-17-8-5-15(6-9-17)13(2)18-11-16(7-10-19(18)24)23-22(27)21(26)14(3)20(12-25)29-23/h5-11,13-14,20-23,25-27H,4,12H2,1-3H3/t13?,14-,20-,21+,22-,23+/m1/s1. The molecule has 6 atom stereocenters. The highest BCUT2D eigenvalue weighted by atomic mass is 35.5. The first-order valence-corrected chi connectivity index (χ1v) is 10.4. The van der Waals surface area contributed by atoms with Crippen LogP contribution in [0.15, 0.2) is 42.5 Å².